The normalized spacial score (nSPS) is 12.0. The van der Waals surface area contributed by atoms with Gasteiger partial charge in [-0.25, -0.2) is 4.98 Å². The molecule has 1 aromatic carbocycles. The van der Waals surface area contributed by atoms with Gasteiger partial charge in [-0.2, -0.15) is 13.2 Å². The summed E-state index contributed by atoms with van der Waals surface area (Å²) < 4.78 is 37.6. The molecule has 0 atom stereocenters. The number of aromatic nitrogens is 2. The molecule has 0 saturated heterocycles. The first-order chi connectivity index (χ1) is 7.38. The number of alkyl halides is 3. The Hall–Kier alpha value is -1.43. The van der Waals surface area contributed by atoms with Crippen LogP contribution in [0.15, 0.2) is 18.2 Å². The predicted molar refractivity (Wildman–Crippen MR) is 56.7 cm³/mol. The second-order valence-corrected chi connectivity index (χ2v) is 3.78. The second kappa shape index (κ2) is 3.55. The van der Waals surface area contributed by atoms with E-state index in [1.54, 1.807) is 6.92 Å². The van der Waals surface area contributed by atoms with Crippen LogP contribution in [-0.2, 0) is 6.18 Å². The number of halogens is 3. The average Bonchev–Trinajstić information content (AvgIpc) is 2.15. The molecular weight excluding hydrogens is 237 g/mol. The van der Waals surface area contributed by atoms with Crippen molar-refractivity contribution in [2.24, 2.45) is 0 Å². The van der Waals surface area contributed by atoms with Crippen LogP contribution in [0, 0.1) is 11.7 Å². The number of aryl methyl sites for hydroxylation is 1. The van der Waals surface area contributed by atoms with Gasteiger partial charge in [0.1, 0.15) is 0 Å². The monoisotopic (exact) mass is 244 g/mol. The fourth-order valence-corrected chi connectivity index (χ4v) is 1.73. The van der Waals surface area contributed by atoms with Crippen LogP contribution in [0.1, 0.15) is 11.3 Å². The number of benzene rings is 1. The van der Waals surface area contributed by atoms with Gasteiger partial charge in [0.15, 0.2) is 4.77 Å². The molecule has 6 heteroatoms. The highest BCUT2D eigenvalue weighted by atomic mass is 32.1. The van der Waals surface area contributed by atoms with E-state index < -0.39 is 11.7 Å². The summed E-state index contributed by atoms with van der Waals surface area (Å²) in [6.45, 7) is 1.74. The van der Waals surface area contributed by atoms with E-state index in [-0.39, 0.29) is 10.3 Å². The zero-order chi connectivity index (χ0) is 11.9. The Morgan fingerprint density at radius 2 is 2.00 bits per heavy atom. The molecule has 0 spiro atoms. The molecule has 0 radical (unpaired) electrons. The van der Waals surface area contributed by atoms with E-state index in [0.717, 1.165) is 12.1 Å². The van der Waals surface area contributed by atoms with Gasteiger partial charge < -0.3 is 4.98 Å². The largest absolute Gasteiger partial charge is 0.416 e. The minimum Gasteiger partial charge on any atom is -0.334 e. The van der Waals surface area contributed by atoms with Crippen molar-refractivity contribution >= 4 is 23.1 Å². The van der Waals surface area contributed by atoms with Gasteiger partial charge in [0.25, 0.3) is 0 Å². The van der Waals surface area contributed by atoms with Crippen LogP contribution in [0.3, 0.4) is 0 Å². The molecule has 2 nitrogen and oxygen atoms in total. The Kier molecular flexibility index (Phi) is 2.46. The van der Waals surface area contributed by atoms with Crippen LogP contribution in [0.2, 0.25) is 0 Å². The minimum absolute atomic E-state index is 0.185. The van der Waals surface area contributed by atoms with Crippen LogP contribution in [-0.4, -0.2) is 9.97 Å². The number of fused-ring (bicyclic) bond motifs is 1. The summed E-state index contributed by atoms with van der Waals surface area (Å²) in [5.74, 6) is 0. The van der Waals surface area contributed by atoms with Gasteiger partial charge in [0.05, 0.1) is 11.1 Å². The second-order valence-electron chi connectivity index (χ2n) is 3.40. The maximum Gasteiger partial charge on any atom is 0.416 e. The first kappa shape index (κ1) is 11.1. The molecule has 1 N–H and O–H groups in total. The van der Waals surface area contributed by atoms with E-state index in [4.69, 9.17) is 12.2 Å². The maximum atomic E-state index is 12.5. The number of nitrogens with one attached hydrogen (secondary N) is 1. The van der Waals surface area contributed by atoms with E-state index in [1.165, 1.54) is 6.07 Å². The zero-order valence-corrected chi connectivity index (χ0v) is 9.04. The lowest BCUT2D eigenvalue weighted by Crippen LogP contribution is -2.05. The maximum absolute atomic E-state index is 12.5. The third kappa shape index (κ3) is 1.92. The van der Waals surface area contributed by atoms with Crippen molar-refractivity contribution in [2.45, 2.75) is 13.1 Å². The van der Waals surface area contributed by atoms with Gasteiger partial charge in [-0.1, -0.05) is 6.07 Å². The molecule has 2 rings (SSSR count). The smallest absolute Gasteiger partial charge is 0.334 e. The lowest BCUT2D eigenvalue weighted by Gasteiger charge is -2.08. The molecule has 2 aromatic rings. The number of nitrogens with zero attached hydrogens (tertiary/aromatic N) is 1. The molecule has 0 aliphatic carbocycles. The lowest BCUT2D eigenvalue weighted by molar-refractivity contribution is -0.137. The Morgan fingerprint density at radius 3 is 2.62 bits per heavy atom. The van der Waals surface area contributed by atoms with Crippen LogP contribution in [0.25, 0.3) is 10.9 Å². The van der Waals surface area contributed by atoms with Crippen molar-refractivity contribution in [3.63, 3.8) is 0 Å². The van der Waals surface area contributed by atoms with E-state index >= 15 is 0 Å². The summed E-state index contributed by atoms with van der Waals surface area (Å²) in [6.07, 6.45) is -4.36. The van der Waals surface area contributed by atoms with Gasteiger partial charge in [-0.05, 0) is 31.3 Å². The number of rotatable bonds is 0. The first-order valence-electron chi connectivity index (χ1n) is 4.46. The van der Waals surface area contributed by atoms with Crippen LogP contribution < -0.4 is 0 Å². The molecule has 1 aromatic heterocycles. The highest BCUT2D eigenvalue weighted by Gasteiger charge is 2.30. The summed E-state index contributed by atoms with van der Waals surface area (Å²) in [4.78, 5) is 6.66. The number of hydrogen-bond acceptors (Lipinski definition) is 2. The van der Waals surface area contributed by atoms with Gasteiger partial charge in [-0.15, -0.1) is 0 Å². The summed E-state index contributed by atoms with van der Waals surface area (Å²) >= 11 is 4.82. The molecule has 0 aliphatic heterocycles. The molecule has 0 bridgehead atoms. The Balaban J connectivity index is 2.76. The van der Waals surface area contributed by atoms with E-state index in [0.29, 0.717) is 11.1 Å². The molecule has 16 heavy (non-hydrogen) atoms. The molecule has 0 amide bonds. The van der Waals surface area contributed by atoms with Gasteiger partial charge in [0, 0.05) is 11.1 Å². The van der Waals surface area contributed by atoms with Crippen molar-refractivity contribution in [1.82, 2.24) is 9.97 Å². The molecule has 0 unspecified atom stereocenters. The first-order valence-corrected chi connectivity index (χ1v) is 4.86. The van der Waals surface area contributed by atoms with E-state index in [1.807, 2.05) is 0 Å². The highest BCUT2D eigenvalue weighted by molar-refractivity contribution is 7.71. The van der Waals surface area contributed by atoms with Gasteiger partial charge in [-0.3, -0.25) is 0 Å². The summed E-state index contributed by atoms with van der Waals surface area (Å²) in [6, 6.07) is 3.44. The quantitative estimate of drug-likeness (QED) is 0.717. The van der Waals surface area contributed by atoms with Crippen LogP contribution >= 0.6 is 12.2 Å². The van der Waals surface area contributed by atoms with Crippen molar-refractivity contribution in [3.05, 3.63) is 34.2 Å². The highest BCUT2D eigenvalue weighted by Crippen LogP contribution is 2.31. The topological polar surface area (TPSA) is 28.7 Å². The fourth-order valence-electron chi connectivity index (χ4n) is 1.48. The van der Waals surface area contributed by atoms with Gasteiger partial charge >= 0.3 is 6.18 Å². The summed E-state index contributed by atoms with van der Waals surface area (Å²) in [5, 5.41) is 0.640. The van der Waals surface area contributed by atoms with E-state index in [2.05, 4.69) is 9.97 Å². The molecule has 84 valence electrons. The summed E-state index contributed by atoms with van der Waals surface area (Å²) in [7, 11) is 0. The Labute approximate surface area is 94.1 Å². The molecule has 0 aliphatic rings. The number of H-pyrrole nitrogens is 1. The molecular formula is C10H7F3N2S. The van der Waals surface area contributed by atoms with Crippen molar-refractivity contribution in [3.8, 4) is 0 Å². The number of aromatic amines is 1. The van der Waals surface area contributed by atoms with Gasteiger partial charge in [0.2, 0.25) is 0 Å². The van der Waals surface area contributed by atoms with Crippen molar-refractivity contribution in [1.29, 1.82) is 0 Å². The zero-order valence-electron chi connectivity index (χ0n) is 8.22. The number of hydrogen-bond donors (Lipinski definition) is 1. The average molecular weight is 244 g/mol. The van der Waals surface area contributed by atoms with Crippen LogP contribution in [0.4, 0.5) is 13.2 Å². The fraction of sp³-hybridized carbons (Fsp3) is 0.200. The molecule has 0 fully saturated rings. The lowest BCUT2D eigenvalue weighted by atomic mass is 10.1. The van der Waals surface area contributed by atoms with Crippen LogP contribution in [0.5, 0.6) is 0 Å². The predicted octanol–water partition coefficient (Wildman–Crippen LogP) is 3.62. The summed E-state index contributed by atoms with van der Waals surface area (Å²) in [5.41, 5.74) is 0.257. The third-order valence-electron chi connectivity index (χ3n) is 2.25. The molecule has 1 heterocycles. The van der Waals surface area contributed by atoms with E-state index in [9.17, 15) is 13.2 Å². The Morgan fingerprint density at radius 1 is 1.31 bits per heavy atom. The third-order valence-corrected chi connectivity index (χ3v) is 2.44. The minimum atomic E-state index is -4.36. The Bertz CT molecular complexity index is 601. The molecule has 0 saturated carbocycles. The standard InChI is InChI=1S/C10H7F3N2S/c1-5-7-3-2-6(10(11,12)13)4-8(7)15-9(16)14-5/h2-4H,1H3,(H,14,15,16). The van der Waals surface area contributed by atoms with Crippen molar-refractivity contribution in [2.75, 3.05) is 0 Å². The van der Waals surface area contributed by atoms with Crippen molar-refractivity contribution < 1.29 is 13.2 Å². The SMILES string of the molecule is Cc1[nH]c(=S)nc2cc(C(F)(F)F)ccc12.